The Morgan fingerprint density at radius 2 is 1.89 bits per heavy atom. The van der Waals surface area contributed by atoms with E-state index >= 15 is 0 Å². The van der Waals surface area contributed by atoms with Crippen LogP contribution in [0.2, 0.25) is 0 Å². The van der Waals surface area contributed by atoms with Gasteiger partial charge in [0.2, 0.25) is 0 Å². The quantitative estimate of drug-likeness (QED) is 0.755. The van der Waals surface area contributed by atoms with E-state index in [9.17, 15) is 9.90 Å². The molecule has 0 saturated carbocycles. The van der Waals surface area contributed by atoms with Crippen molar-refractivity contribution in [1.29, 1.82) is 0 Å². The molecule has 0 spiro atoms. The van der Waals surface area contributed by atoms with Gasteiger partial charge in [-0.3, -0.25) is 0 Å². The van der Waals surface area contributed by atoms with Crippen molar-refractivity contribution in [3.8, 4) is 0 Å². The number of urea groups is 1. The number of nitrogens with zero attached hydrogens (tertiary/aromatic N) is 1. The van der Waals surface area contributed by atoms with Crippen molar-refractivity contribution in [2.24, 2.45) is 5.41 Å². The van der Waals surface area contributed by atoms with Crippen LogP contribution in [0.15, 0.2) is 0 Å². The van der Waals surface area contributed by atoms with Gasteiger partial charge < -0.3 is 15.3 Å². The Morgan fingerprint density at radius 1 is 1.32 bits per heavy atom. The van der Waals surface area contributed by atoms with Crippen LogP contribution in [0.4, 0.5) is 4.79 Å². The molecule has 19 heavy (non-hydrogen) atoms. The van der Waals surface area contributed by atoms with E-state index in [1.165, 1.54) is 6.42 Å². The summed E-state index contributed by atoms with van der Waals surface area (Å²) in [4.78, 5) is 14.2. The largest absolute Gasteiger partial charge is 0.396 e. The number of carbonyl (C=O) groups is 1. The highest BCUT2D eigenvalue weighted by Crippen LogP contribution is 2.23. The molecule has 1 aliphatic rings. The molecule has 4 heteroatoms. The first-order chi connectivity index (χ1) is 8.87. The number of carbonyl (C=O) groups excluding carboxylic acids is 1. The second kappa shape index (κ2) is 7.13. The predicted molar refractivity (Wildman–Crippen MR) is 78.1 cm³/mol. The fourth-order valence-corrected chi connectivity index (χ4v) is 2.75. The van der Waals surface area contributed by atoms with Crippen molar-refractivity contribution in [2.45, 2.75) is 71.9 Å². The molecule has 2 N–H and O–H groups in total. The minimum absolute atomic E-state index is 0.0452. The number of hydrogen-bond acceptors (Lipinski definition) is 2. The summed E-state index contributed by atoms with van der Waals surface area (Å²) >= 11 is 0. The molecular weight excluding hydrogens is 240 g/mol. The molecule has 1 rings (SSSR count). The third kappa shape index (κ3) is 5.01. The summed E-state index contributed by atoms with van der Waals surface area (Å²) < 4.78 is 0. The molecule has 1 saturated heterocycles. The smallest absolute Gasteiger partial charge is 0.317 e. The Hall–Kier alpha value is -0.770. The van der Waals surface area contributed by atoms with E-state index in [-0.39, 0.29) is 18.1 Å². The summed E-state index contributed by atoms with van der Waals surface area (Å²) in [5.74, 6) is 0. The van der Waals surface area contributed by atoms with Crippen molar-refractivity contribution >= 4 is 6.03 Å². The lowest BCUT2D eigenvalue weighted by Gasteiger charge is -2.39. The minimum atomic E-state index is -0.0452. The van der Waals surface area contributed by atoms with Crippen molar-refractivity contribution < 1.29 is 9.90 Å². The van der Waals surface area contributed by atoms with Gasteiger partial charge in [0, 0.05) is 25.2 Å². The molecule has 2 unspecified atom stereocenters. The number of hydrogen-bond donors (Lipinski definition) is 2. The summed E-state index contributed by atoms with van der Waals surface area (Å²) in [6, 6.07) is 0.761. The van der Waals surface area contributed by atoms with Crippen LogP contribution in [0.1, 0.15) is 59.8 Å². The Morgan fingerprint density at radius 3 is 2.42 bits per heavy atom. The van der Waals surface area contributed by atoms with Gasteiger partial charge in [0.05, 0.1) is 0 Å². The maximum atomic E-state index is 12.2. The molecule has 2 atom stereocenters. The lowest BCUT2D eigenvalue weighted by molar-refractivity contribution is 0.121. The zero-order chi connectivity index (χ0) is 14.5. The minimum Gasteiger partial charge on any atom is -0.396 e. The Labute approximate surface area is 117 Å². The maximum Gasteiger partial charge on any atom is 0.317 e. The van der Waals surface area contributed by atoms with E-state index in [0.29, 0.717) is 18.6 Å². The number of nitrogens with one attached hydrogen (secondary N) is 1. The molecule has 0 aromatic heterocycles. The fraction of sp³-hybridized carbons (Fsp3) is 0.933. The van der Waals surface area contributed by atoms with Crippen LogP contribution < -0.4 is 5.32 Å². The van der Waals surface area contributed by atoms with Crippen molar-refractivity contribution in [1.82, 2.24) is 10.2 Å². The first-order valence-electron chi connectivity index (χ1n) is 7.54. The van der Waals surface area contributed by atoms with E-state index in [0.717, 1.165) is 25.7 Å². The normalized spacial score (nSPS) is 24.4. The summed E-state index contributed by atoms with van der Waals surface area (Å²) in [6.07, 6.45) is 5.27. The molecular formula is C15H30N2O2. The maximum absolute atomic E-state index is 12.2. The third-order valence-electron chi connectivity index (χ3n) is 4.16. The van der Waals surface area contributed by atoms with Gasteiger partial charge in [-0.2, -0.15) is 0 Å². The van der Waals surface area contributed by atoms with Gasteiger partial charge in [-0.25, -0.2) is 4.79 Å². The average molecular weight is 270 g/mol. The lowest BCUT2D eigenvalue weighted by atomic mass is 9.89. The highest BCUT2D eigenvalue weighted by molar-refractivity contribution is 5.74. The molecule has 0 radical (unpaired) electrons. The van der Waals surface area contributed by atoms with Gasteiger partial charge in [-0.05, 0) is 51.4 Å². The van der Waals surface area contributed by atoms with Gasteiger partial charge in [-0.1, -0.05) is 13.8 Å². The van der Waals surface area contributed by atoms with E-state index in [4.69, 9.17) is 0 Å². The average Bonchev–Trinajstić information content (AvgIpc) is 2.34. The molecule has 1 fully saturated rings. The van der Waals surface area contributed by atoms with Gasteiger partial charge >= 0.3 is 6.03 Å². The molecule has 112 valence electrons. The van der Waals surface area contributed by atoms with Gasteiger partial charge in [0.1, 0.15) is 0 Å². The van der Waals surface area contributed by atoms with Crippen molar-refractivity contribution in [3.05, 3.63) is 0 Å². The molecule has 1 aliphatic heterocycles. The zero-order valence-corrected chi connectivity index (χ0v) is 12.9. The van der Waals surface area contributed by atoms with E-state index < -0.39 is 0 Å². The Kier molecular flexibility index (Phi) is 6.11. The number of piperidine rings is 1. The summed E-state index contributed by atoms with van der Waals surface area (Å²) in [5, 5.41) is 12.2. The molecule has 0 aromatic carbocycles. The monoisotopic (exact) mass is 270 g/mol. The Bertz CT molecular complexity index is 282. The second-order valence-corrected chi connectivity index (χ2v) is 6.69. The fourth-order valence-electron chi connectivity index (χ4n) is 2.75. The number of rotatable bonds is 5. The highest BCUT2D eigenvalue weighted by Gasteiger charge is 2.28. The summed E-state index contributed by atoms with van der Waals surface area (Å²) in [7, 11) is 0. The molecule has 0 aliphatic carbocycles. The first-order valence-corrected chi connectivity index (χ1v) is 7.54. The van der Waals surface area contributed by atoms with Crippen LogP contribution in [-0.4, -0.2) is 41.3 Å². The molecule has 0 bridgehead atoms. The molecule has 0 aromatic rings. The molecule has 4 nitrogen and oxygen atoms in total. The number of aliphatic hydroxyl groups excluding tert-OH is 1. The predicted octanol–water partition coefficient (Wildman–Crippen LogP) is 2.76. The number of amides is 2. The highest BCUT2D eigenvalue weighted by atomic mass is 16.3. The van der Waals surface area contributed by atoms with Crippen molar-refractivity contribution in [2.75, 3.05) is 13.2 Å². The number of likely N-dealkylation sites (tertiary alicyclic amines) is 1. The topological polar surface area (TPSA) is 52.6 Å². The van der Waals surface area contributed by atoms with Crippen LogP contribution in [-0.2, 0) is 0 Å². The summed E-state index contributed by atoms with van der Waals surface area (Å²) in [5.41, 5.74) is -0.0452. The number of aliphatic hydroxyl groups is 1. The van der Waals surface area contributed by atoms with Gasteiger partial charge in [-0.15, -0.1) is 0 Å². The second-order valence-electron chi connectivity index (χ2n) is 6.69. The van der Waals surface area contributed by atoms with Crippen LogP contribution in [0, 0.1) is 5.41 Å². The third-order valence-corrected chi connectivity index (χ3v) is 4.16. The van der Waals surface area contributed by atoms with E-state index in [1.54, 1.807) is 0 Å². The van der Waals surface area contributed by atoms with Crippen molar-refractivity contribution in [3.63, 3.8) is 0 Å². The van der Waals surface area contributed by atoms with Crippen LogP contribution in [0.25, 0.3) is 0 Å². The van der Waals surface area contributed by atoms with Crippen LogP contribution in [0.3, 0.4) is 0 Å². The van der Waals surface area contributed by atoms with Crippen LogP contribution >= 0.6 is 0 Å². The Balaban J connectivity index is 2.31. The van der Waals surface area contributed by atoms with E-state index in [2.05, 4.69) is 19.2 Å². The van der Waals surface area contributed by atoms with Gasteiger partial charge in [0.25, 0.3) is 0 Å². The molecule has 2 amide bonds. The summed E-state index contributed by atoms with van der Waals surface area (Å²) in [6.45, 7) is 9.24. The van der Waals surface area contributed by atoms with E-state index in [1.807, 2.05) is 18.7 Å². The zero-order valence-electron chi connectivity index (χ0n) is 12.9. The van der Waals surface area contributed by atoms with Gasteiger partial charge in [0.15, 0.2) is 0 Å². The molecule has 1 heterocycles. The standard InChI is InChI=1S/C15H30N2O2/c1-12-7-5-8-13(2)17(12)14(19)16-10-6-9-15(3,4)11-18/h12-13,18H,5-11H2,1-4H3,(H,16,19). The first kappa shape index (κ1) is 16.3. The SMILES string of the molecule is CC1CCCC(C)N1C(=O)NCCCC(C)(C)CO. The van der Waals surface area contributed by atoms with Crippen LogP contribution in [0.5, 0.6) is 0 Å². The lowest BCUT2D eigenvalue weighted by Crippen LogP contribution is -2.52.